The maximum absolute atomic E-state index is 6.34. The largest absolute Gasteiger partial charge is 0.497 e. The molecule has 0 saturated carbocycles. The highest BCUT2D eigenvalue weighted by Crippen LogP contribution is 2.23. The summed E-state index contributed by atoms with van der Waals surface area (Å²) < 4.78 is 12.9. The molecular weight excluding hydrogens is 378 g/mol. The van der Waals surface area contributed by atoms with Crippen LogP contribution in [0.15, 0.2) is 35.6 Å². The van der Waals surface area contributed by atoms with Crippen LogP contribution in [-0.4, -0.2) is 60.5 Å². The zero-order chi connectivity index (χ0) is 19.9. The van der Waals surface area contributed by atoms with E-state index >= 15 is 0 Å². The van der Waals surface area contributed by atoms with Gasteiger partial charge in [-0.2, -0.15) is 5.10 Å². The van der Waals surface area contributed by atoms with Gasteiger partial charge < -0.3 is 19.7 Å². The van der Waals surface area contributed by atoms with Crippen LogP contribution >= 0.6 is 11.6 Å². The van der Waals surface area contributed by atoms with Crippen LogP contribution < -0.4 is 10.1 Å². The molecule has 28 heavy (non-hydrogen) atoms. The van der Waals surface area contributed by atoms with Crippen molar-refractivity contribution >= 4 is 17.6 Å². The molecule has 2 aromatic rings. The molecule has 0 radical (unpaired) electrons. The Kier molecular flexibility index (Phi) is 7.17. The van der Waals surface area contributed by atoms with Crippen molar-refractivity contribution < 1.29 is 9.47 Å². The summed E-state index contributed by atoms with van der Waals surface area (Å²) in [6.45, 7) is 5.77. The molecule has 0 bridgehead atoms. The second-order valence-electron chi connectivity index (χ2n) is 6.70. The Morgan fingerprint density at radius 1 is 1.46 bits per heavy atom. The van der Waals surface area contributed by atoms with E-state index in [0.717, 1.165) is 48.9 Å². The first kappa shape index (κ1) is 20.5. The number of guanidine groups is 1. The molecule has 1 fully saturated rings. The fourth-order valence-electron chi connectivity index (χ4n) is 3.22. The molecule has 1 aliphatic heterocycles. The number of benzene rings is 1. The third-order valence-electron chi connectivity index (χ3n) is 4.70. The number of aliphatic imine (C=N–C) groups is 1. The molecule has 1 unspecified atom stereocenters. The number of rotatable bonds is 6. The molecule has 7 nitrogen and oxygen atoms in total. The van der Waals surface area contributed by atoms with Gasteiger partial charge in [0.1, 0.15) is 11.9 Å². The van der Waals surface area contributed by atoms with E-state index in [9.17, 15) is 0 Å². The van der Waals surface area contributed by atoms with Gasteiger partial charge in [-0.3, -0.25) is 9.67 Å². The highest BCUT2D eigenvalue weighted by atomic mass is 35.5. The second-order valence-corrected chi connectivity index (χ2v) is 7.10. The van der Waals surface area contributed by atoms with Gasteiger partial charge in [0.15, 0.2) is 5.96 Å². The number of morpholine rings is 1. The summed E-state index contributed by atoms with van der Waals surface area (Å²) in [5.74, 6) is 1.67. The molecule has 1 aliphatic rings. The Morgan fingerprint density at radius 2 is 2.32 bits per heavy atom. The third-order valence-corrected chi connectivity index (χ3v) is 5.05. The van der Waals surface area contributed by atoms with E-state index < -0.39 is 0 Å². The van der Waals surface area contributed by atoms with Gasteiger partial charge in [-0.1, -0.05) is 17.7 Å². The number of nitrogens with zero attached hydrogens (tertiary/aromatic N) is 4. The summed E-state index contributed by atoms with van der Waals surface area (Å²) in [7, 11) is 3.55. The van der Waals surface area contributed by atoms with Gasteiger partial charge in [-0.05, 0) is 31.0 Å². The lowest BCUT2D eigenvalue weighted by Crippen LogP contribution is -2.48. The number of hydrogen-bond acceptors (Lipinski definition) is 4. The first-order chi connectivity index (χ1) is 13.6. The molecule has 152 valence electrons. The predicted octanol–water partition coefficient (Wildman–Crippen LogP) is 2.66. The zero-order valence-corrected chi connectivity index (χ0v) is 17.4. The number of halogens is 1. The molecule has 1 N–H and O–H groups in total. The smallest absolute Gasteiger partial charge is 0.194 e. The monoisotopic (exact) mass is 405 g/mol. The van der Waals surface area contributed by atoms with Crippen LogP contribution in [0.25, 0.3) is 0 Å². The van der Waals surface area contributed by atoms with Gasteiger partial charge in [0, 0.05) is 43.5 Å². The van der Waals surface area contributed by atoms with E-state index in [2.05, 4.69) is 22.2 Å². The Hall–Kier alpha value is -2.25. The molecule has 0 amide bonds. The van der Waals surface area contributed by atoms with Gasteiger partial charge in [0.2, 0.25) is 0 Å². The first-order valence-corrected chi connectivity index (χ1v) is 9.94. The van der Waals surface area contributed by atoms with Crippen molar-refractivity contribution in [3.8, 4) is 5.75 Å². The molecule has 0 spiro atoms. The number of methoxy groups -OCH3 is 1. The average Bonchev–Trinajstić information content (AvgIpc) is 3.15. The van der Waals surface area contributed by atoms with Crippen LogP contribution in [-0.2, 0) is 18.2 Å². The molecule has 2 heterocycles. The quantitative estimate of drug-likeness (QED) is 0.591. The summed E-state index contributed by atoms with van der Waals surface area (Å²) in [5.41, 5.74) is 2.16. The summed E-state index contributed by atoms with van der Waals surface area (Å²) in [6, 6.07) is 5.76. The predicted molar refractivity (Wildman–Crippen MR) is 111 cm³/mol. The van der Waals surface area contributed by atoms with E-state index in [-0.39, 0.29) is 6.10 Å². The van der Waals surface area contributed by atoms with Crippen molar-refractivity contribution in [2.24, 2.45) is 12.0 Å². The fraction of sp³-hybridized carbons (Fsp3) is 0.500. The average molecular weight is 406 g/mol. The standard InChI is InChI=1S/C20H28ClN5O2/c1-4-22-20(23-8-7-15-5-6-17(27-3)11-18(15)21)26-9-10-28-19(14-26)16-12-24-25(2)13-16/h5-6,11-13,19H,4,7-10,14H2,1-3H3,(H,22,23). The Bertz CT molecular complexity index is 808. The van der Waals surface area contributed by atoms with Crippen molar-refractivity contribution in [2.75, 3.05) is 39.9 Å². The second kappa shape index (κ2) is 9.80. The maximum Gasteiger partial charge on any atom is 0.194 e. The highest BCUT2D eigenvalue weighted by molar-refractivity contribution is 6.31. The van der Waals surface area contributed by atoms with Gasteiger partial charge in [0.25, 0.3) is 0 Å². The lowest BCUT2D eigenvalue weighted by atomic mass is 10.1. The Morgan fingerprint density at radius 3 is 3.00 bits per heavy atom. The van der Waals surface area contributed by atoms with Crippen LogP contribution in [0.5, 0.6) is 5.75 Å². The van der Waals surface area contributed by atoms with Gasteiger partial charge >= 0.3 is 0 Å². The van der Waals surface area contributed by atoms with Gasteiger partial charge in [0.05, 0.1) is 26.5 Å². The fourth-order valence-corrected chi connectivity index (χ4v) is 3.48. The van der Waals surface area contributed by atoms with Crippen LogP contribution in [0.3, 0.4) is 0 Å². The van der Waals surface area contributed by atoms with Crippen molar-refractivity contribution in [3.63, 3.8) is 0 Å². The van der Waals surface area contributed by atoms with Crippen LogP contribution in [0.4, 0.5) is 0 Å². The van der Waals surface area contributed by atoms with Crippen LogP contribution in [0, 0.1) is 0 Å². The molecule has 1 atom stereocenters. The first-order valence-electron chi connectivity index (χ1n) is 9.56. The molecule has 0 aliphatic carbocycles. The molecular formula is C20H28ClN5O2. The summed E-state index contributed by atoms with van der Waals surface area (Å²) >= 11 is 6.34. The Balaban J connectivity index is 1.64. The number of nitrogens with one attached hydrogen (secondary N) is 1. The minimum Gasteiger partial charge on any atom is -0.497 e. The lowest BCUT2D eigenvalue weighted by Gasteiger charge is -2.34. The Labute approximate surface area is 171 Å². The lowest BCUT2D eigenvalue weighted by molar-refractivity contribution is -0.00803. The van der Waals surface area contributed by atoms with E-state index in [1.807, 2.05) is 37.6 Å². The van der Waals surface area contributed by atoms with Crippen molar-refractivity contribution in [3.05, 3.63) is 46.7 Å². The van der Waals surface area contributed by atoms with Crippen LogP contribution in [0.2, 0.25) is 5.02 Å². The van der Waals surface area contributed by atoms with E-state index in [1.165, 1.54) is 0 Å². The highest BCUT2D eigenvalue weighted by Gasteiger charge is 2.25. The molecule has 1 aromatic carbocycles. The SMILES string of the molecule is CCNC(=NCCc1ccc(OC)cc1Cl)N1CCOC(c2cnn(C)c2)C1. The third kappa shape index (κ3) is 5.17. The summed E-state index contributed by atoms with van der Waals surface area (Å²) in [6.07, 6.45) is 4.64. The van der Waals surface area contributed by atoms with Gasteiger partial charge in [-0.25, -0.2) is 0 Å². The number of aryl methyl sites for hydroxylation is 1. The molecule has 3 rings (SSSR count). The zero-order valence-electron chi connectivity index (χ0n) is 16.7. The molecule has 8 heteroatoms. The molecule has 1 saturated heterocycles. The van der Waals surface area contributed by atoms with Crippen LogP contribution in [0.1, 0.15) is 24.2 Å². The van der Waals surface area contributed by atoms with Crippen molar-refractivity contribution in [1.29, 1.82) is 0 Å². The summed E-state index contributed by atoms with van der Waals surface area (Å²) in [5, 5.41) is 8.36. The normalized spacial score (nSPS) is 17.6. The topological polar surface area (TPSA) is 63.9 Å². The molecule has 1 aromatic heterocycles. The summed E-state index contributed by atoms with van der Waals surface area (Å²) in [4.78, 5) is 7.06. The van der Waals surface area contributed by atoms with Gasteiger partial charge in [-0.15, -0.1) is 0 Å². The minimum absolute atomic E-state index is 0.00217. The van der Waals surface area contributed by atoms with Crippen molar-refractivity contribution in [2.45, 2.75) is 19.4 Å². The number of aromatic nitrogens is 2. The van der Waals surface area contributed by atoms with E-state index in [4.69, 9.17) is 26.1 Å². The van der Waals surface area contributed by atoms with Crippen molar-refractivity contribution in [1.82, 2.24) is 20.0 Å². The minimum atomic E-state index is 0.00217. The maximum atomic E-state index is 6.34. The number of ether oxygens (including phenoxy) is 2. The number of hydrogen-bond donors (Lipinski definition) is 1. The van der Waals surface area contributed by atoms with E-state index in [1.54, 1.807) is 11.8 Å². The van der Waals surface area contributed by atoms with E-state index in [0.29, 0.717) is 18.2 Å².